The maximum Gasteiger partial charge on any atom is 0.278 e. The molecule has 2 heterocycles. The van der Waals surface area contributed by atoms with Crippen molar-refractivity contribution < 1.29 is 23.9 Å². The highest BCUT2D eigenvalue weighted by Gasteiger charge is 2.27. The van der Waals surface area contributed by atoms with E-state index in [-0.39, 0.29) is 37.4 Å². The van der Waals surface area contributed by atoms with Crippen LogP contribution in [0.2, 0.25) is 0 Å². The van der Waals surface area contributed by atoms with Gasteiger partial charge in [-0.2, -0.15) is 0 Å². The van der Waals surface area contributed by atoms with E-state index >= 15 is 0 Å². The number of amides is 2. The van der Waals surface area contributed by atoms with Gasteiger partial charge in [0.25, 0.3) is 5.56 Å². The van der Waals surface area contributed by atoms with Gasteiger partial charge in [-0.25, -0.2) is 9.97 Å². The molecule has 4 rings (SSSR count). The zero-order valence-electron chi connectivity index (χ0n) is 23.6. The molecule has 220 valence electrons. The van der Waals surface area contributed by atoms with Gasteiger partial charge in [0.15, 0.2) is 0 Å². The van der Waals surface area contributed by atoms with Crippen molar-refractivity contribution in [3.8, 4) is 17.3 Å². The predicted octanol–water partition coefficient (Wildman–Crippen LogP) is 2.99. The Kier molecular flexibility index (Phi) is 10.6. The number of ether oxygens (including phenoxy) is 1. The first-order chi connectivity index (χ1) is 20.8. The van der Waals surface area contributed by atoms with Crippen LogP contribution >= 0.6 is 0 Å². The number of benzene rings is 2. The molecule has 0 radical (unpaired) electrons. The summed E-state index contributed by atoms with van der Waals surface area (Å²) in [6.45, 7) is 0.936. The van der Waals surface area contributed by atoms with Gasteiger partial charge in [0, 0.05) is 37.6 Å². The first kappa shape index (κ1) is 30.5. The number of hydrogen-bond donors (Lipinski definition) is 2. The van der Waals surface area contributed by atoms with E-state index in [4.69, 9.17) is 4.74 Å². The topological polar surface area (TPSA) is 149 Å². The minimum absolute atomic E-state index is 0.0756. The number of rotatable bonds is 14. The summed E-state index contributed by atoms with van der Waals surface area (Å²) in [6.07, 6.45) is 3.10. The lowest BCUT2D eigenvalue weighted by atomic mass is 9.98. The third kappa shape index (κ3) is 8.77. The lowest BCUT2D eigenvalue weighted by molar-refractivity contribution is -0.139. The first-order valence-corrected chi connectivity index (χ1v) is 13.7. The molecule has 2 amide bonds. The third-order valence-electron chi connectivity index (χ3n) is 6.34. The Hall–Kier alpha value is -5.45. The molecular weight excluding hydrogens is 550 g/mol. The average Bonchev–Trinajstić information content (AvgIpc) is 3.02. The fraction of sp³-hybridized carbons (Fsp3) is 0.219. The van der Waals surface area contributed by atoms with Crippen molar-refractivity contribution in [2.24, 2.45) is 0 Å². The number of carbonyl (C=O) groups excluding carboxylic acids is 4. The molecule has 2 N–H and O–H groups in total. The summed E-state index contributed by atoms with van der Waals surface area (Å²) < 4.78 is 6.63. The van der Waals surface area contributed by atoms with Crippen molar-refractivity contribution in [1.29, 1.82) is 0 Å². The summed E-state index contributed by atoms with van der Waals surface area (Å²) in [6, 6.07) is 21.8. The fourth-order valence-corrected chi connectivity index (χ4v) is 4.33. The molecule has 0 aliphatic heterocycles. The average molecular weight is 582 g/mol. The Morgan fingerprint density at radius 1 is 0.907 bits per heavy atom. The second-order valence-corrected chi connectivity index (χ2v) is 9.65. The van der Waals surface area contributed by atoms with E-state index in [0.717, 1.165) is 10.1 Å². The van der Waals surface area contributed by atoms with Crippen LogP contribution in [-0.4, -0.2) is 50.6 Å². The summed E-state index contributed by atoms with van der Waals surface area (Å²) in [5, 5.41) is 5.08. The van der Waals surface area contributed by atoms with Crippen LogP contribution in [0.3, 0.4) is 0 Å². The Balaban J connectivity index is 1.51. The quantitative estimate of drug-likeness (QED) is 0.171. The van der Waals surface area contributed by atoms with Crippen molar-refractivity contribution in [2.45, 2.75) is 38.8 Å². The highest BCUT2D eigenvalue weighted by molar-refractivity contribution is 6.39. The molecule has 2 aromatic heterocycles. The molecule has 43 heavy (non-hydrogen) atoms. The number of hydrogen-bond acceptors (Lipinski definition) is 8. The number of nitrogens with one attached hydrogen (secondary N) is 2. The number of ketones is 2. The molecule has 0 saturated carbocycles. The molecule has 0 saturated heterocycles. The van der Waals surface area contributed by atoms with Gasteiger partial charge in [0.05, 0.1) is 18.8 Å². The zero-order valence-corrected chi connectivity index (χ0v) is 23.6. The third-order valence-corrected chi connectivity index (χ3v) is 6.34. The Morgan fingerprint density at radius 2 is 1.60 bits per heavy atom. The van der Waals surface area contributed by atoms with Gasteiger partial charge in [-0.3, -0.25) is 28.5 Å². The van der Waals surface area contributed by atoms with Crippen molar-refractivity contribution in [2.75, 3.05) is 11.9 Å². The van der Waals surface area contributed by atoms with Gasteiger partial charge in [0.1, 0.15) is 18.1 Å². The van der Waals surface area contributed by atoms with Crippen LogP contribution in [0, 0.1) is 0 Å². The second kappa shape index (κ2) is 15.0. The number of anilines is 1. The van der Waals surface area contributed by atoms with Crippen molar-refractivity contribution in [3.05, 3.63) is 107 Å². The highest BCUT2D eigenvalue weighted by Crippen LogP contribution is 2.16. The van der Waals surface area contributed by atoms with Crippen LogP contribution in [0.1, 0.15) is 25.3 Å². The van der Waals surface area contributed by atoms with Gasteiger partial charge in [0.2, 0.25) is 29.3 Å². The molecule has 0 aliphatic carbocycles. The largest absolute Gasteiger partial charge is 0.478 e. The minimum atomic E-state index is -1.17. The molecule has 0 spiro atoms. The fourth-order valence-electron chi connectivity index (χ4n) is 4.33. The van der Waals surface area contributed by atoms with Gasteiger partial charge in [-0.05, 0) is 18.1 Å². The van der Waals surface area contributed by atoms with Gasteiger partial charge in [-0.1, -0.05) is 66.7 Å². The Morgan fingerprint density at radius 3 is 2.28 bits per heavy atom. The highest BCUT2D eigenvalue weighted by atomic mass is 16.5. The number of nitrogens with zero attached hydrogens (tertiary/aromatic N) is 3. The molecule has 1 unspecified atom stereocenters. The van der Waals surface area contributed by atoms with Crippen molar-refractivity contribution in [1.82, 2.24) is 19.9 Å². The number of pyridine rings is 1. The number of carbonyl (C=O) groups is 4. The molecule has 1 atom stereocenters. The molecule has 11 nitrogen and oxygen atoms in total. The summed E-state index contributed by atoms with van der Waals surface area (Å²) in [4.78, 5) is 72.8. The number of aromatic nitrogens is 3. The van der Waals surface area contributed by atoms with E-state index in [2.05, 4.69) is 20.6 Å². The zero-order chi connectivity index (χ0) is 30.6. The standard InChI is InChI=1S/C32H31N5O6/c1-22(38)35-26-20-34-31(24-13-6-3-7-14-24)37(32(26)42)21-28(40)36-25(19-23-11-4-2-5-12-23)30(41)27(39)15-10-18-43-29-16-8-9-17-33-29/h2-9,11-14,16-17,20,25H,10,15,18-19,21H2,1H3,(H,35,38)(H,36,40). The van der Waals surface area contributed by atoms with E-state index in [9.17, 15) is 24.0 Å². The molecule has 0 fully saturated rings. The molecule has 2 aromatic carbocycles. The SMILES string of the molecule is CC(=O)Nc1cnc(-c2ccccc2)n(CC(=O)NC(Cc2ccccc2)C(=O)C(=O)CCCOc2ccccn2)c1=O. The van der Waals surface area contributed by atoms with Crippen molar-refractivity contribution in [3.63, 3.8) is 0 Å². The predicted molar refractivity (Wildman–Crippen MR) is 159 cm³/mol. The lowest BCUT2D eigenvalue weighted by Crippen LogP contribution is -2.47. The lowest BCUT2D eigenvalue weighted by Gasteiger charge is -2.19. The summed E-state index contributed by atoms with van der Waals surface area (Å²) in [5.74, 6) is -1.94. The van der Waals surface area contributed by atoms with Crippen LogP contribution < -0.4 is 20.9 Å². The Bertz CT molecular complexity index is 1620. The minimum Gasteiger partial charge on any atom is -0.478 e. The molecule has 4 aromatic rings. The normalized spacial score (nSPS) is 11.3. The second-order valence-electron chi connectivity index (χ2n) is 9.65. The maximum atomic E-state index is 13.4. The van der Waals surface area contributed by atoms with Crippen LogP contribution in [0.15, 0.2) is 96.1 Å². The number of Topliss-reactive ketones (excluding diaryl/α,β-unsaturated/α-hetero) is 2. The summed E-state index contributed by atoms with van der Waals surface area (Å²) >= 11 is 0. The van der Waals surface area contributed by atoms with E-state index < -0.39 is 41.5 Å². The van der Waals surface area contributed by atoms with Gasteiger partial charge in [-0.15, -0.1) is 0 Å². The van der Waals surface area contributed by atoms with Gasteiger partial charge >= 0.3 is 0 Å². The van der Waals surface area contributed by atoms with Gasteiger partial charge < -0.3 is 15.4 Å². The van der Waals surface area contributed by atoms with Crippen LogP contribution in [0.5, 0.6) is 5.88 Å². The van der Waals surface area contributed by atoms with E-state index in [1.54, 1.807) is 79.0 Å². The first-order valence-electron chi connectivity index (χ1n) is 13.7. The maximum absolute atomic E-state index is 13.4. The van der Waals surface area contributed by atoms with E-state index in [0.29, 0.717) is 11.4 Å². The van der Waals surface area contributed by atoms with Crippen molar-refractivity contribution >= 4 is 29.1 Å². The smallest absolute Gasteiger partial charge is 0.278 e. The summed E-state index contributed by atoms with van der Waals surface area (Å²) in [7, 11) is 0. The monoisotopic (exact) mass is 581 g/mol. The van der Waals surface area contributed by atoms with Crippen LogP contribution in [0.4, 0.5) is 5.69 Å². The Labute approximate surface area is 248 Å². The van der Waals surface area contributed by atoms with E-state index in [1.165, 1.54) is 13.1 Å². The molecular formula is C32H31N5O6. The van der Waals surface area contributed by atoms with Crippen LogP contribution in [-0.2, 0) is 32.1 Å². The summed E-state index contributed by atoms with van der Waals surface area (Å²) in [5.41, 5.74) is 0.569. The molecule has 0 bridgehead atoms. The molecule has 0 aliphatic rings. The van der Waals surface area contributed by atoms with E-state index in [1.807, 2.05) is 6.07 Å². The molecule has 11 heteroatoms. The van der Waals surface area contributed by atoms with Crippen LogP contribution in [0.25, 0.3) is 11.4 Å².